The second-order valence-corrected chi connectivity index (χ2v) is 4.38. The SMILES string of the molecule is CO/N=C/C(C(=O)Nc1cccnc1)C(=O)Nc1cccnc1. The van der Waals surface area contributed by atoms with Crippen LogP contribution < -0.4 is 10.6 Å². The molecule has 0 unspecified atom stereocenters. The first-order chi connectivity index (χ1) is 11.2. The average molecular weight is 313 g/mol. The lowest BCUT2D eigenvalue weighted by Crippen LogP contribution is -2.35. The molecular formula is C15H15N5O3. The molecular weight excluding hydrogens is 298 g/mol. The molecule has 2 amide bonds. The van der Waals surface area contributed by atoms with Gasteiger partial charge in [0.1, 0.15) is 7.11 Å². The van der Waals surface area contributed by atoms with E-state index in [9.17, 15) is 9.59 Å². The maximum Gasteiger partial charge on any atom is 0.242 e. The van der Waals surface area contributed by atoms with Crippen LogP contribution in [0.2, 0.25) is 0 Å². The lowest BCUT2D eigenvalue weighted by molar-refractivity contribution is -0.126. The maximum atomic E-state index is 12.3. The zero-order valence-corrected chi connectivity index (χ0v) is 12.3. The van der Waals surface area contributed by atoms with Gasteiger partial charge in [-0.3, -0.25) is 19.6 Å². The Morgan fingerprint density at radius 2 is 1.61 bits per heavy atom. The Balaban J connectivity index is 2.10. The lowest BCUT2D eigenvalue weighted by Gasteiger charge is -2.12. The highest BCUT2D eigenvalue weighted by Gasteiger charge is 2.25. The van der Waals surface area contributed by atoms with Crippen molar-refractivity contribution in [2.24, 2.45) is 11.1 Å². The fourth-order valence-corrected chi connectivity index (χ4v) is 1.69. The highest BCUT2D eigenvalue weighted by molar-refractivity contribution is 6.20. The van der Waals surface area contributed by atoms with Crippen molar-refractivity contribution in [3.63, 3.8) is 0 Å². The van der Waals surface area contributed by atoms with Crippen LogP contribution in [0.1, 0.15) is 0 Å². The quantitative estimate of drug-likeness (QED) is 0.475. The number of carbonyl (C=O) groups is 2. The molecule has 0 saturated heterocycles. The molecule has 8 nitrogen and oxygen atoms in total. The third-order valence-corrected chi connectivity index (χ3v) is 2.74. The number of oxime groups is 1. The van der Waals surface area contributed by atoms with Crippen molar-refractivity contribution in [3.8, 4) is 0 Å². The van der Waals surface area contributed by atoms with Crippen molar-refractivity contribution in [2.45, 2.75) is 0 Å². The molecule has 2 aromatic rings. The molecule has 2 rings (SSSR count). The molecule has 8 heteroatoms. The van der Waals surface area contributed by atoms with E-state index < -0.39 is 17.7 Å². The Kier molecular flexibility index (Phi) is 5.75. The second-order valence-electron chi connectivity index (χ2n) is 4.38. The molecule has 0 spiro atoms. The Morgan fingerprint density at radius 1 is 1.09 bits per heavy atom. The lowest BCUT2D eigenvalue weighted by atomic mass is 10.1. The second kappa shape index (κ2) is 8.23. The van der Waals surface area contributed by atoms with Gasteiger partial charge in [-0.1, -0.05) is 5.16 Å². The van der Waals surface area contributed by atoms with E-state index in [1.54, 1.807) is 36.7 Å². The van der Waals surface area contributed by atoms with Gasteiger partial charge in [0, 0.05) is 12.4 Å². The molecule has 0 saturated carbocycles. The van der Waals surface area contributed by atoms with Crippen LogP contribution in [0.3, 0.4) is 0 Å². The van der Waals surface area contributed by atoms with Crippen molar-refractivity contribution in [3.05, 3.63) is 49.1 Å². The monoisotopic (exact) mass is 313 g/mol. The molecule has 118 valence electrons. The van der Waals surface area contributed by atoms with Crippen LogP contribution in [0.5, 0.6) is 0 Å². The highest BCUT2D eigenvalue weighted by Crippen LogP contribution is 2.09. The van der Waals surface area contributed by atoms with Crippen LogP contribution in [-0.4, -0.2) is 35.1 Å². The predicted octanol–water partition coefficient (Wildman–Crippen LogP) is 1.30. The van der Waals surface area contributed by atoms with Gasteiger partial charge in [-0.15, -0.1) is 0 Å². The van der Waals surface area contributed by atoms with Crippen molar-refractivity contribution < 1.29 is 14.4 Å². The van der Waals surface area contributed by atoms with Crippen LogP contribution >= 0.6 is 0 Å². The van der Waals surface area contributed by atoms with Crippen LogP contribution in [0.25, 0.3) is 0 Å². The first kappa shape index (κ1) is 16.1. The smallest absolute Gasteiger partial charge is 0.242 e. The number of carbonyl (C=O) groups excluding carboxylic acids is 2. The number of hydrogen-bond donors (Lipinski definition) is 2. The van der Waals surface area contributed by atoms with E-state index in [1.807, 2.05) is 0 Å². The van der Waals surface area contributed by atoms with Gasteiger partial charge < -0.3 is 15.5 Å². The molecule has 0 aromatic carbocycles. The highest BCUT2D eigenvalue weighted by atomic mass is 16.6. The van der Waals surface area contributed by atoms with Crippen molar-refractivity contribution in [2.75, 3.05) is 17.7 Å². The van der Waals surface area contributed by atoms with Crippen molar-refractivity contribution in [1.82, 2.24) is 9.97 Å². The zero-order valence-electron chi connectivity index (χ0n) is 12.3. The standard InChI is InChI=1S/C15H15N5O3/c1-23-18-10-13(14(21)19-11-4-2-6-16-8-11)15(22)20-12-5-3-7-17-9-12/h2-10,13H,1H3,(H,19,21)(H,20,22)/b18-10+. The van der Waals surface area contributed by atoms with Gasteiger partial charge in [-0.05, 0) is 24.3 Å². The van der Waals surface area contributed by atoms with E-state index in [0.29, 0.717) is 11.4 Å². The molecule has 0 radical (unpaired) electrons. The van der Waals surface area contributed by atoms with Crippen LogP contribution in [0.15, 0.2) is 54.2 Å². The van der Waals surface area contributed by atoms with Gasteiger partial charge in [0.25, 0.3) is 0 Å². The summed E-state index contributed by atoms with van der Waals surface area (Å²) in [5, 5.41) is 8.71. The van der Waals surface area contributed by atoms with Gasteiger partial charge in [-0.2, -0.15) is 0 Å². The van der Waals surface area contributed by atoms with Crippen LogP contribution in [0, 0.1) is 5.92 Å². The molecule has 0 atom stereocenters. The molecule has 0 aliphatic heterocycles. The van der Waals surface area contributed by atoms with Gasteiger partial charge in [-0.25, -0.2) is 0 Å². The topological polar surface area (TPSA) is 106 Å². The summed E-state index contributed by atoms with van der Waals surface area (Å²) < 4.78 is 0. The summed E-state index contributed by atoms with van der Waals surface area (Å²) in [6.07, 6.45) is 7.23. The number of rotatable bonds is 6. The zero-order chi connectivity index (χ0) is 16.5. The molecule has 2 N–H and O–H groups in total. The molecule has 0 fully saturated rings. The van der Waals surface area contributed by atoms with E-state index >= 15 is 0 Å². The van der Waals surface area contributed by atoms with E-state index in [4.69, 9.17) is 0 Å². The summed E-state index contributed by atoms with van der Waals surface area (Å²) in [4.78, 5) is 36.9. The van der Waals surface area contributed by atoms with E-state index in [1.165, 1.54) is 19.5 Å². The van der Waals surface area contributed by atoms with E-state index in [2.05, 4.69) is 30.6 Å². The van der Waals surface area contributed by atoms with Gasteiger partial charge in [0.15, 0.2) is 5.92 Å². The Bertz CT molecular complexity index is 623. The number of anilines is 2. The van der Waals surface area contributed by atoms with Gasteiger partial charge >= 0.3 is 0 Å². The van der Waals surface area contributed by atoms with Gasteiger partial charge in [0.05, 0.1) is 30.0 Å². The van der Waals surface area contributed by atoms with Crippen LogP contribution in [0.4, 0.5) is 11.4 Å². The minimum atomic E-state index is -1.17. The fourth-order valence-electron chi connectivity index (χ4n) is 1.69. The Hall–Kier alpha value is -3.29. The molecule has 0 aliphatic carbocycles. The molecule has 23 heavy (non-hydrogen) atoms. The van der Waals surface area contributed by atoms with E-state index in [0.717, 1.165) is 6.21 Å². The number of aromatic nitrogens is 2. The normalized spacial score (nSPS) is 10.5. The first-order valence-corrected chi connectivity index (χ1v) is 6.69. The van der Waals surface area contributed by atoms with Crippen molar-refractivity contribution >= 4 is 29.4 Å². The van der Waals surface area contributed by atoms with Crippen LogP contribution in [-0.2, 0) is 14.4 Å². The number of amides is 2. The Morgan fingerprint density at radius 3 is 2.00 bits per heavy atom. The first-order valence-electron chi connectivity index (χ1n) is 6.69. The number of nitrogens with zero attached hydrogens (tertiary/aromatic N) is 3. The average Bonchev–Trinajstić information content (AvgIpc) is 2.57. The predicted molar refractivity (Wildman–Crippen MR) is 84.7 cm³/mol. The molecule has 2 heterocycles. The molecule has 0 aliphatic rings. The summed E-state index contributed by atoms with van der Waals surface area (Å²) in [7, 11) is 1.33. The summed E-state index contributed by atoms with van der Waals surface area (Å²) >= 11 is 0. The number of nitrogens with one attached hydrogen (secondary N) is 2. The number of pyridine rings is 2. The van der Waals surface area contributed by atoms with Gasteiger partial charge in [0.2, 0.25) is 11.8 Å². The summed E-state index contributed by atoms with van der Waals surface area (Å²) in [6.45, 7) is 0. The third kappa shape index (κ3) is 4.88. The minimum absolute atomic E-state index is 0.475. The largest absolute Gasteiger partial charge is 0.399 e. The summed E-state index contributed by atoms with van der Waals surface area (Å²) in [5.74, 6) is -2.28. The molecule has 0 bridgehead atoms. The number of hydrogen-bond acceptors (Lipinski definition) is 6. The summed E-state index contributed by atoms with van der Waals surface area (Å²) in [6, 6.07) is 6.66. The molecule has 2 aromatic heterocycles. The Labute approximate surface area is 132 Å². The fraction of sp³-hybridized carbons (Fsp3) is 0.133. The van der Waals surface area contributed by atoms with Crippen molar-refractivity contribution in [1.29, 1.82) is 0 Å². The summed E-state index contributed by atoms with van der Waals surface area (Å²) in [5.41, 5.74) is 0.949. The third-order valence-electron chi connectivity index (χ3n) is 2.74. The minimum Gasteiger partial charge on any atom is -0.399 e. The van der Waals surface area contributed by atoms with E-state index in [-0.39, 0.29) is 0 Å². The maximum absolute atomic E-state index is 12.3.